The fourth-order valence-electron chi connectivity index (χ4n) is 2.74. The lowest BCUT2D eigenvalue weighted by molar-refractivity contribution is 0.0597. The van der Waals surface area contributed by atoms with Crippen LogP contribution in [-0.4, -0.2) is 22.8 Å². The summed E-state index contributed by atoms with van der Waals surface area (Å²) in [6.45, 7) is 1.87. The molecule has 0 spiro atoms. The minimum absolute atomic E-state index is 0.224. The Hall–Kier alpha value is -2.62. The lowest BCUT2D eigenvalue weighted by Crippen LogP contribution is -2.39. The van der Waals surface area contributed by atoms with E-state index in [1.165, 1.54) is 4.90 Å². The molecule has 4 heteroatoms. The highest BCUT2D eigenvalue weighted by Crippen LogP contribution is 2.26. The van der Waals surface area contributed by atoms with Crippen molar-refractivity contribution in [2.45, 2.75) is 19.4 Å². The Morgan fingerprint density at radius 3 is 2.05 bits per heavy atom. The summed E-state index contributed by atoms with van der Waals surface area (Å²) in [5.74, 6) is -0.449. The van der Waals surface area contributed by atoms with Crippen LogP contribution in [0.2, 0.25) is 0 Å². The third-order valence-electron chi connectivity index (χ3n) is 3.84. The topological polar surface area (TPSA) is 63.4 Å². The van der Waals surface area contributed by atoms with Gasteiger partial charge in [-0.2, -0.15) is 0 Å². The number of hydrogen-bond acceptors (Lipinski definition) is 3. The highest BCUT2D eigenvalue weighted by Gasteiger charge is 2.38. The maximum Gasteiger partial charge on any atom is 0.261 e. The van der Waals surface area contributed by atoms with Gasteiger partial charge in [-0.15, -0.1) is 0 Å². The lowest BCUT2D eigenvalue weighted by Gasteiger charge is -2.23. The molecule has 0 bridgehead atoms. The fourth-order valence-corrected chi connectivity index (χ4v) is 2.74. The van der Waals surface area contributed by atoms with Gasteiger partial charge in [0.1, 0.15) is 0 Å². The summed E-state index contributed by atoms with van der Waals surface area (Å²) in [5, 5.41) is 0. The molecule has 0 unspecified atom stereocenters. The van der Waals surface area contributed by atoms with Gasteiger partial charge >= 0.3 is 0 Å². The van der Waals surface area contributed by atoms with Crippen LogP contribution in [0, 0.1) is 0 Å². The second kappa shape index (κ2) is 5.05. The minimum Gasteiger partial charge on any atom is -0.399 e. The number of nitrogen functional groups attached to an aromatic ring is 1. The van der Waals surface area contributed by atoms with Gasteiger partial charge in [-0.05, 0) is 37.1 Å². The summed E-state index contributed by atoms with van der Waals surface area (Å²) in [6, 6.07) is 14.2. The van der Waals surface area contributed by atoms with E-state index in [1.807, 2.05) is 31.2 Å². The van der Waals surface area contributed by atoms with Gasteiger partial charge in [0.2, 0.25) is 0 Å². The number of carbonyl (C=O) groups is 2. The van der Waals surface area contributed by atoms with Gasteiger partial charge in [0.15, 0.2) is 0 Å². The Kier molecular flexibility index (Phi) is 3.22. The number of rotatable bonds is 3. The second-order valence-corrected chi connectivity index (χ2v) is 5.28. The van der Waals surface area contributed by atoms with E-state index >= 15 is 0 Å². The van der Waals surface area contributed by atoms with Crippen LogP contribution in [0.3, 0.4) is 0 Å². The van der Waals surface area contributed by atoms with Crippen molar-refractivity contribution < 1.29 is 9.59 Å². The summed E-state index contributed by atoms with van der Waals surface area (Å²) >= 11 is 0. The molecule has 2 aromatic carbocycles. The standard InChI is InChI=1S/C17H16N2O2/c1-11(10-12-6-2-5-9-15(12)18)19-16(20)13-7-3-4-8-14(13)17(19)21/h2-9,11H,10,18H2,1H3/t11-/m0/s1. The van der Waals surface area contributed by atoms with Crippen molar-refractivity contribution in [2.24, 2.45) is 0 Å². The first-order valence-corrected chi connectivity index (χ1v) is 6.90. The molecule has 2 aromatic rings. The quantitative estimate of drug-likeness (QED) is 0.694. The maximum absolute atomic E-state index is 12.4. The number of anilines is 1. The predicted octanol–water partition coefficient (Wildman–Crippen LogP) is 2.50. The molecule has 3 rings (SSSR count). The zero-order valence-corrected chi connectivity index (χ0v) is 11.7. The van der Waals surface area contributed by atoms with Crippen LogP contribution in [0.25, 0.3) is 0 Å². The summed E-state index contributed by atoms with van der Waals surface area (Å²) < 4.78 is 0. The Labute approximate surface area is 123 Å². The van der Waals surface area contributed by atoms with Crippen molar-refractivity contribution in [3.8, 4) is 0 Å². The molecular formula is C17H16N2O2. The first kappa shape index (κ1) is 13.4. The molecule has 1 heterocycles. The van der Waals surface area contributed by atoms with Crippen molar-refractivity contribution >= 4 is 17.5 Å². The van der Waals surface area contributed by atoms with Crippen LogP contribution in [0.4, 0.5) is 5.69 Å². The van der Waals surface area contributed by atoms with Crippen LogP contribution in [0.15, 0.2) is 48.5 Å². The summed E-state index contributed by atoms with van der Waals surface area (Å²) in [5.41, 5.74) is 8.52. The molecule has 1 aliphatic heterocycles. The summed E-state index contributed by atoms with van der Waals surface area (Å²) in [6.07, 6.45) is 0.554. The van der Waals surface area contributed by atoms with Gasteiger partial charge in [-0.1, -0.05) is 30.3 Å². The Morgan fingerprint density at radius 1 is 0.952 bits per heavy atom. The highest BCUT2D eigenvalue weighted by molar-refractivity contribution is 6.21. The number of fused-ring (bicyclic) bond motifs is 1. The van der Waals surface area contributed by atoms with E-state index < -0.39 is 0 Å². The highest BCUT2D eigenvalue weighted by atomic mass is 16.2. The molecule has 0 radical (unpaired) electrons. The molecule has 2 amide bonds. The number of nitrogens with zero attached hydrogens (tertiary/aromatic N) is 1. The Balaban J connectivity index is 1.87. The van der Waals surface area contributed by atoms with Crippen molar-refractivity contribution in [3.63, 3.8) is 0 Å². The van der Waals surface area contributed by atoms with Gasteiger partial charge in [0.25, 0.3) is 11.8 Å². The normalized spacial score (nSPS) is 15.2. The number of carbonyl (C=O) groups excluding carboxylic acids is 2. The number of hydrogen-bond donors (Lipinski definition) is 1. The minimum atomic E-state index is -0.234. The van der Waals surface area contributed by atoms with E-state index in [9.17, 15) is 9.59 Å². The molecule has 0 fully saturated rings. The number of imide groups is 1. The zero-order valence-electron chi connectivity index (χ0n) is 11.7. The third-order valence-corrected chi connectivity index (χ3v) is 3.84. The van der Waals surface area contributed by atoms with Crippen molar-refractivity contribution in [1.29, 1.82) is 0 Å². The van der Waals surface area contributed by atoms with Gasteiger partial charge in [-0.25, -0.2) is 0 Å². The molecule has 21 heavy (non-hydrogen) atoms. The first-order valence-electron chi connectivity index (χ1n) is 6.90. The van der Waals surface area contributed by atoms with Gasteiger partial charge in [0, 0.05) is 11.7 Å². The fraction of sp³-hybridized carbons (Fsp3) is 0.176. The number of nitrogens with two attached hydrogens (primary N) is 1. The first-order chi connectivity index (χ1) is 10.1. The van der Waals surface area contributed by atoms with Gasteiger partial charge in [0.05, 0.1) is 11.1 Å². The van der Waals surface area contributed by atoms with Crippen LogP contribution in [0.5, 0.6) is 0 Å². The number of amides is 2. The maximum atomic E-state index is 12.4. The van der Waals surface area contributed by atoms with Crippen LogP contribution in [-0.2, 0) is 6.42 Å². The molecular weight excluding hydrogens is 264 g/mol. The van der Waals surface area contributed by atoms with E-state index in [1.54, 1.807) is 24.3 Å². The molecule has 106 valence electrons. The van der Waals surface area contributed by atoms with Crippen molar-refractivity contribution in [1.82, 2.24) is 4.90 Å². The molecule has 2 N–H and O–H groups in total. The van der Waals surface area contributed by atoms with Crippen LogP contribution in [0.1, 0.15) is 33.2 Å². The molecule has 0 aromatic heterocycles. The van der Waals surface area contributed by atoms with E-state index in [4.69, 9.17) is 5.73 Å². The monoisotopic (exact) mass is 280 g/mol. The van der Waals surface area contributed by atoms with E-state index in [-0.39, 0.29) is 17.9 Å². The van der Waals surface area contributed by atoms with Crippen molar-refractivity contribution in [2.75, 3.05) is 5.73 Å². The Morgan fingerprint density at radius 2 is 1.48 bits per heavy atom. The largest absolute Gasteiger partial charge is 0.399 e. The number of benzene rings is 2. The van der Waals surface area contributed by atoms with Crippen LogP contribution < -0.4 is 5.73 Å². The molecule has 0 saturated carbocycles. The Bertz CT molecular complexity index is 689. The molecule has 0 aliphatic carbocycles. The average Bonchev–Trinajstić information content (AvgIpc) is 2.74. The molecule has 0 saturated heterocycles. The van der Waals surface area contributed by atoms with Crippen LogP contribution >= 0.6 is 0 Å². The number of para-hydroxylation sites is 1. The van der Waals surface area contributed by atoms with Gasteiger partial charge in [-0.3, -0.25) is 14.5 Å². The third kappa shape index (κ3) is 2.18. The van der Waals surface area contributed by atoms with Gasteiger partial charge < -0.3 is 5.73 Å². The van der Waals surface area contributed by atoms with E-state index in [0.29, 0.717) is 23.2 Å². The van der Waals surface area contributed by atoms with Crippen molar-refractivity contribution in [3.05, 3.63) is 65.2 Å². The average molecular weight is 280 g/mol. The SMILES string of the molecule is C[C@@H](Cc1ccccc1N)N1C(=O)c2ccccc2C1=O. The summed E-state index contributed by atoms with van der Waals surface area (Å²) in [7, 11) is 0. The van der Waals surface area contributed by atoms with E-state index in [0.717, 1.165) is 5.56 Å². The molecule has 1 atom stereocenters. The zero-order chi connectivity index (χ0) is 15.0. The summed E-state index contributed by atoms with van der Waals surface area (Å²) in [4.78, 5) is 26.1. The lowest BCUT2D eigenvalue weighted by atomic mass is 10.0. The molecule has 4 nitrogen and oxygen atoms in total. The molecule has 1 aliphatic rings. The second-order valence-electron chi connectivity index (χ2n) is 5.28. The van der Waals surface area contributed by atoms with E-state index in [2.05, 4.69) is 0 Å². The predicted molar refractivity (Wildman–Crippen MR) is 81.0 cm³/mol. The smallest absolute Gasteiger partial charge is 0.261 e.